The van der Waals surface area contributed by atoms with Crippen LogP contribution in [-0.2, 0) is 24.8 Å². The molecule has 4 nitrogen and oxygen atoms in total. The van der Waals surface area contributed by atoms with Crippen molar-refractivity contribution >= 4 is 0 Å². The van der Waals surface area contributed by atoms with Crippen molar-refractivity contribution in [2.45, 2.75) is 31.5 Å². The van der Waals surface area contributed by atoms with Gasteiger partial charge in [-0.15, -0.1) is 6.58 Å². The molecule has 1 aromatic carbocycles. The molecule has 1 aliphatic rings. The summed E-state index contributed by atoms with van der Waals surface area (Å²) in [7, 11) is 2.05. The van der Waals surface area contributed by atoms with Crippen LogP contribution >= 0.6 is 0 Å². The number of nitrogens with zero attached hydrogens (tertiary/aromatic N) is 3. The molecule has 2 atom stereocenters. The van der Waals surface area contributed by atoms with Gasteiger partial charge < -0.3 is 9.30 Å². The van der Waals surface area contributed by atoms with Crippen LogP contribution in [0.5, 0.6) is 0 Å². The molecule has 0 radical (unpaired) electrons. The van der Waals surface area contributed by atoms with E-state index in [1.807, 2.05) is 18.5 Å². The first kappa shape index (κ1) is 16.0. The van der Waals surface area contributed by atoms with Gasteiger partial charge in [-0.3, -0.25) is 4.90 Å². The minimum atomic E-state index is 0.258. The molecular weight excluding hydrogens is 286 g/mol. The molecule has 1 fully saturated rings. The second-order valence-corrected chi connectivity index (χ2v) is 6.13. The molecular formula is C19H25N3O. The normalized spacial score (nSPS) is 21.6. The summed E-state index contributed by atoms with van der Waals surface area (Å²) in [6.45, 7) is 6.31. The van der Waals surface area contributed by atoms with E-state index in [4.69, 9.17) is 4.74 Å². The molecule has 3 rings (SSSR count). The Hall–Kier alpha value is -1.91. The van der Waals surface area contributed by atoms with Gasteiger partial charge in [0.25, 0.3) is 0 Å². The second-order valence-electron chi connectivity index (χ2n) is 6.13. The lowest BCUT2D eigenvalue weighted by Crippen LogP contribution is -2.38. The van der Waals surface area contributed by atoms with Crippen LogP contribution in [0, 0.1) is 0 Å². The topological polar surface area (TPSA) is 30.3 Å². The van der Waals surface area contributed by atoms with Crippen LogP contribution in [0.4, 0.5) is 0 Å². The van der Waals surface area contributed by atoms with Crippen LogP contribution in [0.2, 0.25) is 0 Å². The molecule has 23 heavy (non-hydrogen) atoms. The van der Waals surface area contributed by atoms with Gasteiger partial charge in [0.05, 0.1) is 19.3 Å². The Kier molecular flexibility index (Phi) is 5.26. The van der Waals surface area contributed by atoms with Crippen molar-refractivity contribution in [3.63, 3.8) is 0 Å². The number of ether oxygens (including phenoxy) is 1. The molecule has 0 bridgehead atoms. The molecule has 0 N–H and O–H groups in total. The zero-order valence-corrected chi connectivity index (χ0v) is 13.8. The third-order valence-electron chi connectivity index (χ3n) is 4.58. The Bertz CT molecular complexity index is 623. The van der Waals surface area contributed by atoms with Crippen molar-refractivity contribution in [1.82, 2.24) is 14.5 Å². The summed E-state index contributed by atoms with van der Waals surface area (Å²) < 4.78 is 8.12. The van der Waals surface area contributed by atoms with Crippen molar-refractivity contribution in [3.05, 3.63) is 66.8 Å². The molecule has 0 saturated carbocycles. The lowest BCUT2D eigenvalue weighted by molar-refractivity contribution is 0.0415. The van der Waals surface area contributed by atoms with Crippen molar-refractivity contribution in [2.24, 2.45) is 7.05 Å². The van der Waals surface area contributed by atoms with Crippen LogP contribution in [0.25, 0.3) is 0 Å². The molecule has 1 saturated heterocycles. The number of aromatic nitrogens is 2. The number of benzene rings is 1. The zero-order chi connectivity index (χ0) is 16.1. The fourth-order valence-corrected chi connectivity index (χ4v) is 3.32. The smallest absolute Gasteiger partial charge is 0.122 e. The summed E-state index contributed by atoms with van der Waals surface area (Å²) in [5.74, 6) is 1.10. The summed E-state index contributed by atoms with van der Waals surface area (Å²) >= 11 is 0. The molecule has 0 unspecified atom stereocenters. The number of hydrogen-bond acceptors (Lipinski definition) is 3. The standard InChI is InChI=1S/C19H25N3O/c1-3-13-23-18-9-11-22(15-19-20-10-12-21(19)2)17(18)14-16-7-5-4-6-8-16/h3-8,10,12,17-18H,1,9,11,13-15H2,2H3/t17-,18-/m0/s1. The highest BCUT2D eigenvalue weighted by Crippen LogP contribution is 2.26. The summed E-state index contributed by atoms with van der Waals surface area (Å²) in [6.07, 6.45) is 8.03. The van der Waals surface area contributed by atoms with Crippen molar-refractivity contribution in [1.29, 1.82) is 0 Å². The van der Waals surface area contributed by atoms with E-state index in [0.717, 1.165) is 31.8 Å². The van der Waals surface area contributed by atoms with E-state index in [0.29, 0.717) is 12.6 Å². The quantitative estimate of drug-likeness (QED) is 0.737. The van der Waals surface area contributed by atoms with Crippen LogP contribution in [0.15, 0.2) is 55.4 Å². The van der Waals surface area contributed by atoms with Crippen molar-refractivity contribution < 1.29 is 4.74 Å². The summed E-state index contributed by atoms with van der Waals surface area (Å²) in [6, 6.07) is 11.0. The zero-order valence-electron chi connectivity index (χ0n) is 13.8. The Labute approximate surface area is 138 Å². The first-order valence-electron chi connectivity index (χ1n) is 8.24. The molecule has 0 aliphatic carbocycles. The van der Waals surface area contributed by atoms with Crippen molar-refractivity contribution in [2.75, 3.05) is 13.2 Å². The maximum Gasteiger partial charge on any atom is 0.122 e. The molecule has 4 heteroatoms. The van der Waals surface area contributed by atoms with Gasteiger partial charge in [0, 0.05) is 32.0 Å². The molecule has 0 spiro atoms. The van der Waals surface area contributed by atoms with Gasteiger partial charge in [0.1, 0.15) is 5.82 Å². The average Bonchev–Trinajstić information content (AvgIpc) is 3.14. The van der Waals surface area contributed by atoms with E-state index >= 15 is 0 Å². The number of imidazole rings is 1. The van der Waals surface area contributed by atoms with Gasteiger partial charge in [-0.1, -0.05) is 36.4 Å². The molecule has 1 aromatic heterocycles. The second kappa shape index (κ2) is 7.57. The van der Waals surface area contributed by atoms with Crippen LogP contribution < -0.4 is 0 Å². The molecule has 122 valence electrons. The first-order valence-corrected chi connectivity index (χ1v) is 8.24. The predicted molar refractivity (Wildman–Crippen MR) is 92.1 cm³/mol. The van der Waals surface area contributed by atoms with E-state index in [9.17, 15) is 0 Å². The predicted octanol–water partition coefficient (Wildman–Crippen LogP) is 2.81. The van der Waals surface area contributed by atoms with E-state index in [1.165, 1.54) is 5.56 Å². The molecule has 0 amide bonds. The highest BCUT2D eigenvalue weighted by molar-refractivity contribution is 5.17. The number of hydrogen-bond donors (Lipinski definition) is 0. The third kappa shape index (κ3) is 3.89. The lowest BCUT2D eigenvalue weighted by atomic mass is 10.0. The number of rotatable bonds is 7. The largest absolute Gasteiger partial charge is 0.372 e. The highest BCUT2D eigenvalue weighted by atomic mass is 16.5. The Morgan fingerprint density at radius 1 is 1.35 bits per heavy atom. The number of likely N-dealkylation sites (tertiary alicyclic amines) is 1. The number of aryl methyl sites for hydroxylation is 1. The fourth-order valence-electron chi connectivity index (χ4n) is 3.32. The molecule has 2 heterocycles. The van der Waals surface area contributed by atoms with Gasteiger partial charge in [0.15, 0.2) is 0 Å². The first-order chi connectivity index (χ1) is 11.3. The van der Waals surface area contributed by atoms with Crippen LogP contribution in [0.3, 0.4) is 0 Å². The monoisotopic (exact) mass is 311 g/mol. The summed E-state index contributed by atoms with van der Waals surface area (Å²) in [4.78, 5) is 6.98. The Morgan fingerprint density at radius 3 is 2.87 bits per heavy atom. The summed E-state index contributed by atoms with van der Waals surface area (Å²) in [5.41, 5.74) is 1.36. The SMILES string of the molecule is C=CCO[C@H]1CCN(Cc2nccn2C)[C@H]1Cc1ccccc1. The highest BCUT2D eigenvalue weighted by Gasteiger charge is 2.35. The third-order valence-corrected chi connectivity index (χ3v) is 4.58. The van der Waals surface area contributed by atoms with Crippen molar-refractivity contribution in [3.8, 4) is 0 Å². The van der Waals surface area contributed by atoms with Gasteiger partial charge in [-0.25, -0.2) is 4.98 Å². The maximum atomic E-state index is 6.03. The van der Waals surface area contributed by atoms with Crippen LogP contribution in [-0.4, -0.2) is 39.7 Å². The van der Waals surface area contributed by atoms with E-state index in [1.54, 1.807) is 0 Å². The van der Waals surface area contributed by atoms with Crippen LogP contribution in [0.1, 0.15) is 17.8 Å². The average molecular weight is 311 g/mol. The summed E-state index contributed by atoms with van der Waals surface area (Å²) in [5, 5.41) is 0. The minimum Gasteiger partial charge on any atom is -0.372 e. The van der Waals surface area contributed by atoms with Gasteiger partial charge in [0.2, 0.25) is 0 Å². The van der Waals surface area contributed by atoms with Gasteiger partial charge >= 0.3 is 0 Å². The van der Waals surface area contributed by atoms with Gasteiger partial charge in [-0.05, 0) is 18.4 Å². The van der Waals surface area contributed by atoms with E-state index in [2.05, 4.69) is 58.4 Å². The fraction of sp³-hybridized carbons (Fsp3) is 0.421. The molecule has 2 aromatic rings. The Morgan fingerprint density at radius 2 is 2.17 bits per heavy atom. The minimum absolute atomic E-state index is 0.258. The Balaban J connectivity index is 1.74. The van der Waals surface area contributed by atoms with E-state index < -0.39 is 0 Å². The lowest BCUT2D eigenvalue weighted by Gasteiger charge is -2.28. The molecule has 1 aliphatic heterocycles. The maximum absolute atomic E-state index is 6.03. The van der Waals surface area contributed by atoms with Gasteiger partial charge in [-0.2, -0.15) is 0 Å². The van der Waals surface area contributed by atoms with E-state index in [-0.39, 0.29) is 6.10 Å².